The number of anilines is 1. The molecule has 0 atom stereocenters. The Hall–Kier alpha value is -0.540. The van der Waals surface area contributed by atoms with Crippen LogP contribution in [0.4, 0.5) is 5.69 Å². The van der Waals surface area contributed by atoms with Crippen molar-refractivity contribution in [2.24, 2.45) is 0 Å². The van der Waals surface area contributed by atoms with Gasteiger partial charge < -0.3 is 10.4 Å². The van der Waals surface area contributed by atoms with E-state index in [9.17, 15) is 0 Å². The number of hydrogen-bond donors (Lipinski definition) is 2. The van der Waals surface area contributed by atoms with Gasteiger partial charge in [-0.2, -0.15) is 0 Å². The summed E-state index contributed by atoms with van der Waals surface area (Å²) in [6.07, 6.45) is 0.783. The molecule has 0 saturated heterocycles. The molecule has 0 spiro atoms. The van der Waals surface area contributed by atoms with Gasteiger partial charge in [-0.3, -0.25) is 0 Å². The Morgan fingerprint density at radius 2 is 2.23 bits per heavy atom. The number of halogens is 1. The van der Waals surface area contributed by atoms with E-state index in [1.807, 2.05) is 12.1 Å². The Balaban J connectivity index is 2.53. The fourth-order valence-electron chi connectivity index (χ4n) is 1.01. The first-order valence-corrected chi connectivity index (χ1v) is 5.14. The van der Waals surface area contributed by atoms with Crippen LogP contribution >= 0.6 is 15.9 Å². The van der Waals surface area contributed by atoms with Crippen molar-refractivity contribution in [2.75, 3.05) is 18.5 Å². The smallest absolute Gasteiger partial charge is 0.0447 e. The van der Waals surface area contributed by atoms with Gasteiger partial charge in [0.05, 0.1) is 0 Å². The van der Waals surface area contributed by atoms with E-state index in [1.54, 1.807) is 0 Å². The molecule has 0 heterocycles. The molecule has 0 unspecified atom stereocenters. The minimum absolute atomic E-state index is 0.236. The summed E-state index contributed by atoms with van der Waals surface area (Å²) in [4.78, 5) is 0. The zero-order valence-corrected chi connectivity index (χ0v) is 9.26. The molecule has 2 N–H and O–H groups in total. The summed E-state index contributed by atoms with van der Waals surface area (Å²) in [5.74, 6) is 0. The van der Waals surface area contributed by atoms with Gasteiger partial charge in [0.25, 0.3) is 0 Å². The zero-order chi connectivity index (χ0) is 9.68. The van der Waals surface area contributed by atoms with Crippen LogP contribution in [0.15, 0.2) is 22.7 Å². The number of nitrogens with one attached hydrogen (secondary N) is 1. The fourth-order valence-corrected chi connectivity index (χ4v) is 1.39. The highest BCUT2D eigenvalue weighted by atomic mass is 79.9. The van der Waals surface area contributed by atoms with Crippen molar-refractivity contribution >= 4 is 21.6 Å². The Kier molecular flexibility index (Phi) is 4.25. The van der Waals surface area contributed by atoms with Crippen molar-refractivity contribution in [3.8, 4) is 0 Å². The monoisotopic (exact) mass is 243 g/mol. The van der Waals surface area contributed by atoms with Crippen LogP contribution in [0.25, 0.3) is 0 Å². The van der Waals surface area contributed by atoms with Gasteiger partial charge in [-0.15, -0.1) is 0 Å². The molecule has 1 rings (SSSR count). The lowest BCUT2D eigenvalue weighted by Crippen LogP contribution is -2.03. The summed E-state index contributed by atoms with van der Waals surface area (Å²) >= 11 is 3.47. The second-order valence-electron chi connectivity index (χ2n) is 2.97. The van der Waals surface area contributed by atoms with Crippen LogP contribution in [-0.2, 0) is 0 Å². The third kappa shape index (κ3) is 3.36. The van der Waals surface area contributed by atoms with Crippen molar-refractivity contribution in [1.82, 2.24) is 0 Å². The molecule has 0 aliphatic carbocycles. The summed E-state index contributed by atoms with van der Waals surface area (Å²) in [7, 11) is 0. The average molecular weight is 244 g/mol. The summed E-state index contributed by atoms with van der Waals surface area (Å²) in [5.41, 5.74) is 2.32. The van der Waals surface area contributed by atoms with E-state index < -0.39 is 0 Å². The first-order valence-electron chi connectivity index (χ1n) is 4.35. The van der Waals surface area contributed by atoms with Gasteiger partial charge in [-0.1, -0.05) is 22.0 Å². The van der Waals surface area contributed by atoms with E-state index in [0.717, 1.165) is 23.1 Å². The third-order valence-electron chi connectivity index (χ3n) is 1.84. The molecule has 0 aliphatic heterocycles. The lowest BCUT2D eigenvalue weighted by Gasteiger charge is -2.06. The van der Waals surface area contributed by atoms with E-state index in [4.69, 9.17) is 5.11 Å². The molecule has 1 aromatic carbocycles. The molecule has 13 heavy (non-hydrogen) atoms. The largest absolute Gasteiger partial charge is 0.396 e. The maximum absolute atomic E-state index is 8.59. The van der Waals surface area contributed by atoms with Crippen molar-refractivity contribution in [3.05, 3.63) is 28.2 Å². The summed E-state index contributed by atoms with van der Waals surface area (Å²) in [5, 5.41) is 11.8. The minimum Gasteiger partial charge on any atom is -0.396 e. The maximum Gasteiger partial charge on any atom is 0.0447 e. The standard InChI is InChI=1S/C10H14BrNO/c1-8-3-4-9(7-10(8)11)12-5-2-6-13/h3-4,7,12-13H,2,5-6H2,1H3. The predicted molar refractivity (Wildman–Crippen MR) is 59.1 cm³/mol. The zero-order valence-electron chi connectivity index (χ0n) is 7.68. The molecule has 72 valence electrons. The second kappa shape index (κ2) is 5.25. The molecule has 0 bridgehead atoms. The van der Waals surface area contributed by atoms with Crippen LogP contribution in [0.1, 0.15) is 12.0 Å². The SMILES string of the molecule is Cc1ccc(NCCCO)cc1Br. The average Bonchev–Trinajstić information content (AvgIpc) is 2.12. The van der Waals surface area contributed by atoms with Crippen LogP contribution in [-0.4, -0.2) is 18.3 Å². The minimum atomic E-state index is 0.236. The molecule has 0 saturated carbocycles. The molecule has 3 heteroatoms. The van der Waals surface area contributed by atoms with Crippen LogP contribution in [0.2, 0.25) is 0 Å². The van der Waals surface area contributed by atoms with Crippen LogP contribution in [0.3, 0.4) is 0 Å². The first-order chi connectivity index (χ1) is 6.24. The maximum atomic E-state index is 8.59. The number of aryl methyl sites for hydroxylation is 1. The predicted octanol–water partition coefficient (Wildman–Crippen LogP) is 2.55. The van der Waals surface area contributed by atoms with Crippen molar-refractivity contribution in [1.29, 1.82) is 0 Å². The summed E-state index contributed by atoms with van der Waals surface area (Å²) < 4.78 is 1.11. The van der Waals surface area contributed by atoms with Crippen LogP contribution < -0.4 is 5.32 Å². The Bertz CT molecular complexity index is 276. The van der Waals surface area contributed by atoms with Gasteiger partial charge in [0.15, 0.2) is 0 Å². The number of benzene rings is 1. The Morgan fingerprint density at radius 1 is 1.46 bits per heavy atom. The third-order valence-corrected chi connectivity index (χ3v) is 2.69. The fraction of sp³-hybridized carbons (Fsp3) is 0.400. The Morgan fingerprint density at radius 3 is 2.85 bits per heavy atom. The highest BCUT2D eigenvalue weighted by molar-refractivity contribution is 9.10. The van der Waals surface area contributed by atoms with Gasteiger partial charge in [0, 0.05) is 23.3 Å². The molecule has 0 aromatic heterocycles. The van der Waals surface area contributed by atoms with Gasteiger partial charge in [0.2, 0.25) is 0 Å². The topological polar surface area (TPSA) is 32.3 Å². The van der Waals surface area contributed by atoms with Gasteiger partial charge in [-0.05, 0) is 31.0 Å². The van der Waals surface area contributed by atoms with E-state index in [-0.39, 0.29) is 6.61 Å². The van der Waals surface area contributed by atoms with Gasteiger partial charge in [-0.25, -0.2) is 0 Å². The molecule has 0 fully saturated rings. The first kappa shape index (κ1) is 10.5. The van der Waals surface area contributed by atoms with Crippen molar-refractivity contribution < 1.29 is 5.11 Å². The molecule has 2 nitrogen and oxygen atoms in total. The van der Waals surface area contributed by atoms with E-state index >= 15 is 0 Å². The highest BCUT2D eigenvalue weighted by Gasteiger charge is 1.95. The lowest BCUT2D eigenvalue weighted by atomic mass is 10.2. The van der Waals surface area contributed by atoms with Crippen LogP contribution in [0.5, 0.6) is 0 Å². The summed E-state index contributed by atoms with van der Waals surface area (Å²) in [6, 6.07) is 6.15. The van der Waals surface area contributed by atoms with E-state index in [0.29, 0.717) is 0 Å². The molecule has 0 amide bonds. The van der Waals surface area contributed by atoms with Gasteiger partial charge in [0.1, 0.15) is 0 Å². The number of rotatable bonds is 4. The van der Waals surface area contributed by atoms with Gasteiger partial charge >= 0.3 is 0 Å². The summed E-state index contributed by atoms with van der Waals surface area (Å²) in [6.45, 7) is 3.10. The van der Waals surface area contributed by atoms with Crippen LogP contribution in [0, 0.1) is 6.92 Å². The highest BCUT2D eigenvalue weighted by Crippen LogP contribution is 2.20. The number of aliphatic hydroxyl groups excluding tert-OH is 1. The quantitative estimate of drug-likeness (QED) is 0.798. The van der Waals surface area contributed by atoms with Crippen molar-refractivity contribution in [2.45, 2.75) is 13.3 Å². The lowest BCUT2D eigenvalue weighted by molar-refractivity contribution is 0.292. The Labute approximate surface area is 87.1 Å². The van der Waals surface area contributed by atoms with Crippen molar-refractivity contribution in [3.63, 3.8) is 0 Å². The second-order valence-corrected chi connectivity index (χ2v) is 3.82. The molecular formula is C10H14BrNO. The number of aliphatic hydroxyl groups is 1. The van der Waals surface area contributed by atoms with E-state index in [2.05, 4.69) is 34.2 Å². The normalized spacial score (nSPS) is 10.1. The molecular weight excluding hydrogens is 230 g/mol. The molecule has 1 aromatic rings. The molecule has 0 radical (unpaired) electrons. The molecule has 0 aliphatic rings. The number of hydrogen-bond acceptors (Lipinski definition) is 2. The van der Waals surface area contributed by atoms with E-state index in [1.165, 1.54) is 5.56 Å².